The first-order valence-electron chi connectivity index (χ1n) is 7.14. The molecule has 0 amide bonds. The predicted octanol–water partition coefficient (Wildman–Crippen LogP) is 3.54. The Bertz CT molecular complexity index is 350. The third-order valence-electron chi connectivity index (χ3n) is 3.33. The average molecular weight is 281 g/mol. The molecular weight excluding hydrogens is 254 g/mol. The Morgan fingerprint density at radius 1 is 1.21 bits per heavy atom. The number of thioether (sulfide) groups is 1. The Balaban J connectivity index is 2.63. The molecule has 0 aliphatic carbocycles. The van der Waals surface area contributed by atoms with Crippen LogP contribution >= 0.6 is 11.8 Å². The molecule has 0 aliphatic heterocycles. The fourth-order valence-electron chi connectivity index (χ4n) is 1.78. The van der Waals surface area contributed by atoms with Crippen molar-refractivity contribution in [2.24, 2.45) is 0 Å². The molecule has 1 aromatic rings. The lowest BCUT2D eigenvalue weighted by Gasteiger charge is -2.22. The molecule has 108 valence electrons. The molecule has 0 saturated carbocycles. The highest BCUT2D eigenvalue weighted by molar-refractivity contribution is 7.99. The van der Waals surface area contributed by atoms with Gasteiger partial charge in [0.1, 0.15) is 0 Å². The first-order valence-corrected chi connectivity index (χ1v) is 8.19. The lowest BCUT2D eigenvalue weighted by Crippen LogP contribution is -2.26. The van der Waals surface area contributed by atoms with E-state index in [1.807, 2.05) is 18.7 Å². The van der Waals surface area contributed by atoms with Crippen LogP contribution < -0.4 is 5.32 Å². The topological polar surface area (TPSA) is 32.3 Å². The highest BCUT2D eigenvalue weighted by atomic mass is 32.2. The first kappa shape index (κ1) is 16.5. The smallest absolute Gasteiger partial charge is 0.0628 e. The predicted molar refractivity (Wildman–Crippen MR) is 85.8 cm³/mol. The molecule has 1 rings (SSSR count). The molecule has 3 unspecified atom stereocenters. The maximum atomic E-state index is 9.58. The van der Waals surface area contributed by atoms with Crippen LogP contribution in [0.4, 0.5) is 0 Å². The fraction of sp³-hybridized carbons (Fsp3) is 0.625. The van der Waals surface area contributed by atoms with E-state index in [-0.39, 0.29) is 11.4 Å². The number of rotatable bonds is 8. The molecule has 3 heteroatoms. The lowest BCUT2D eigenvalue weighted by molar-refractivity contribution is 0.196. The molecule has 0 bridgehead atoms. The van der Waals surface area contributed by atoms with Crippen molar-refractivity contribution in [3.63, 3.8) is 0 Å². The van der Waals surface area contributed by atoms with Gasteiger partial charge in [0.15, 0.2) is 0 Å². The van der Waals surface area contributed by atoms with Gasteiger partial charge in [0.25, 0.3) is 0 Å². The van der Waals surface area contributed by atoms with Crippen molar-refractivity contribution in [2.75, 3.05) is 12.3 Å². The quantitative estimate of drug-likeness (QED) is 0.764. The van der Waals surface area contributed by atoms with E-state index in [1.165, 1.54) is 11.1 Å². The minimum Gasteiger partial charge on any atom is -0.392 e. The van der Waals surface area contributed by atoms with Crippen LogP contribution in [0.3, 0.4) is 0 Å². The summed E-state index contributed by atoms with van der Waals surface area (Å²) >= 11 is 1.83. The van der Waals surface area contributed by atoms with Crippen LogP contribution in [0.2, 0.25) is 0 Å². The van der Waals surface area contributed by atoms with E-state index in [1.54, 1.807) is 0 Å². The maximum Gasteiger partial charge on any atom is 0.0628 e. The van der Waals surface area contributed by atoms with Crippen LogP contribution in [0.1, 0.15) is 44.4 Å². The van der Waals surface area contributed by atoms with E-state index in [9.17, 15) is 5.11 Å². The molecule has 0 saturated heterocycles. The van der Waals surface area contributed by atoms with Crippen LogP contribution in [-0.2, 0) is 0 Å². The summed E-state index contributed by atoms with van der Waals surface area (Å²) in [7, 11) is 0. The van der Waals surface area contributed by atoms with Crippen LogP contribution in [0.25, 0.3) is 0 Å². The normalized spacial score (nSPS) is 16.1. The number of hydrogen-bond acceptors (Lipinski definition) is 3. The van der Waals surface area contributed by atoms with Gasteiger partial charge in [-0.05, 0) is 32.4 Å². The Morgan fingerprint density at radius 2 is 1.84 bits per heavy atom. The Morgan fingerprint density at radius 3 is 2.37 bits per heavy atom. The van der Waals surface area contributed by atoms with E-state index in [0.29, 0.717) is 6.04 Å². The van der Waals surface area contributed by atoms with Crippen LogP contribution in [-0.4, -0.2) is 28.8 Å². The molecule has 0 heterocycles. The van der Waals surface area contributed by atoms with Crippen molar-refractivity contribution in [3.05, 3.63) is 35.4 Å². The SMILES string of the molecule is CCCNC(CSC(C)C(C)O)c1ccc(C)cc1. The minimum atomic E-state index is -0.255. The zero-order valence-corrected chi connectivity index (χ0v) is 13.3. The number of benzene rings is 1. The van der Waals surface area contributed by atoms with Gasteiger partial charge in [-0.25, -0.2) is 0 Å². The molecule has 0 radical (unpaired) electrons. The fourth-order valence-corrected chi connectivity index (χ4v) is 2.86. The lowest BCUT2D eigenvalue weighted by atomic mass is 10.1. The Hall–Kier alpha value is -0.510. The van der Waals surface area contributed by atoms with Gasteiger partial charge in [-0.3, -0.25) is 0 Å². The van der Waals surface area contributed by atoms with Gasteiger partial charge in [-0.15, -0.1) is 0 Å². The van der Waals surface area contributed by atoms with E-state index in [4.69, 9.17) is 0 Å². The van der Waals surface area contributed by atoms with E-state index >= 15 is 0 Å². The molecule has 0 aliphatic rings. The standard InChI is InChI=1S/C16H27NOS/c1-5-10-17-16(11-19-14(4)13(3)18)15-8-6-12(2)7-9-15/h6-9,13-14,16-18H,5,10-11H2,1-4H3. The molecule has 1 aromatic carbocycles. The van der Waals surface area contributed by atoms with Gasteiger partial charge in [0, 0.05) is 17.0 Å². The largest absolute Gasteiger partial charge is 0.392 e. The monoisotopic (exact) mass is 281 g/mol. The van der Waals surface area contributed by atoms with Crippen molar-refractivity contribution in [3.8, 4) is 0 Å². The van der Waals surface area contributed by atoms with Crippen LogP contribution in [0.15, 0.2) is 24.3 Å². The molecule has 0 spiro atoms. The highest BCUT2D eigenvalue weighted by Crippen LogP contribution is 2.23. The summed E-state index contributed by atoms with van der Waals surface area (Å²) in [4.78, 5) is 0. The summed E-state index contributed by atoms with van der Waals surface area (Å²) in [6, 6.07) is 9.11. The van der Waals surface area contributed by atoms with Gasteiger partial charge in [0.05, 0.1) is 6.10 Å². The van der Waals surface area contributed by atoms with Gasteiger partial charge in [-0.1, -0.05) is 43.7 Å². The second-order valence-electron chi connectivity index (χ2n) is 5.20. The zero-order chi connectivity index (χ0) is 14.3. The first-order chi connectivity index (χ1) is 9.04. The summed E-state index contributed by atoms with van der Waals surface area (Å²) in [5.74, 6) is 0.995. The third-order valence-corrected chi connectivity index (χ3v) is 4.77. The Kier molecular flexibility index (Phi) is 7.51. The van der Waals surface area contributed by atoms with E-state index in [0.717, 1.165) is 18.7 Å². The number of aliphatic hydroxyl groups is 1. The number of nitrogens with one attached hydrogen (secondary N) is 1. The van der Waals surface area contributed by atoms with Gasteiger partial charge < -0.3 is 10.4 Å². The summed E-state index contributed by atoms with van der Waals surface area (Å²) in [5, 5.41) is 13.4. The molecule has 3 atom stereocenters. The molecule has 0 fully saturated rings. The van der Waals surface area contributed by atoms with Crippen molar-refractivity contribution >= 4 is 11.8 Å². The van der Waals surface area contributed by atoms with E-state index < -0.39 is 0 Å². The van der Waals surface area contributed by atoms with Crippen molar-refractivity contribution < 1.29 is 5.11 Å². The average Bonchev–Trinajstić information content (AvgIpc) is 2.39. The summed E-state index contributed by atoms with van der Waals surface area (Å²) in [6.07, 6.45) is 0.883. The van der Waals surface area contributed by atoms with Crippen molar-refractivity contribution in [2.45, 2.75) is 51.5 Å². The van der Waals surface area contributed by atoms with Crippen LogP contribution in [0.5, 0.6) is 0 Å². The number of aryl methyl sites for hydroxylation is 1. The van der Waals surface area contributed by atoms with Crippen LogP contribution in [0, 0.1) is 6.92 Å². The molecular formula is C16H27NOS. The third kappa shape index (κ3) is 5.98. The maximum absolute atomic E-state index is 9.58. The second kappa shape index (κ2) is 8.62. The van der Waals surface area contributed by atoms with Gasteiger partial charge in [-0.2, -0.15) is 11.8 Å². The Labute approximate surface area is 122 Å². The second-order valence-corrected chi connectivity index (χ2v) is 6.61. The molecule has 2 N–H and O–H groups in total. The zero-order valence-electron chi connectivity index (χ0n) is 12.5. The minimum absolute atomic E-state index is 0.255. The molecule has 0 aromatic heterocycles. The number of aliphatic hydroxyl groups excluding tert-OH is 1. The summed E-state index contributed by atoms with van der Waals surface area (Å²) in [6.45, 7) is 9.27. The van der Waals surface area contributed by atoms with E-state index in [2.05, 4.69) is 50.4 Å². The molecule has 19 heavy (non-hydrogen) atoms. The van der Waals surface area contributed by atoms with Gasteiger partial charge >= 0.3 is 0 Å². The van der Waals surface area contributed by atoms with Crippen molar-refractivity contribution in [1.82, 2.24) is 5.32 Å². The number of hydrogen-bond donors (Lipinski definition) is 2. The summed E-state index contributed by atoms with van der Waals surface area (Å²) in [5.41, 5.74) is 2.63. The highest BCUT2D eigenvalue weighted by Gasteiger charge is 2.15. The van der Waals surface area contributed by atoms with Crippen molar-refractivity contribution in [1.29, 1.82) is 0 Å². The summed E-state index contributed by atoms with van der Waals surface area (Å²) < 4.78 is 0. The molecule has 2 nitrogen and oxygen atoms in total. The van der Waals surface area contributed by atoms with Gasteiger partial charge in [0.2, 0.25) is 0 Å².